The van der Waals surface area contributed by atoms with Gasteiger partial charge in [-0.05, 0) is 68.1 Å². The SMILES string of the molecule is C.COc1cccc(CC2(C)CCN(C3CCC4CCCC3C4)C2=O)c1. The van der Waals surface area contributed by atoms with Crippen LogP contribution in [0.1, 0.15) is 64.9 Å². The van der Waals surface area contributed by atoms with Crippen LogP contribution in [0.15, 0.2) is 24.3 Å². The summed E-state index contributed by atoms with van der Waals surface area (Å²) in [4.78, 5) is 15.6. The van der Waals surface area contributed by atoms with Crippen LogP contribution >= 0.6 is 0 Å². The molecule has 1 amide bonds. The highest BCUT2D eigenvalue weighted by molar-refractivity contribution is 5.85. The molecule has 0 radical (unpaired) electrons. The maximum Gasteiger partial charge on any atom is 0.229 e. The van der Waals surface area contributed by atoms with Crippen LogP contribution in [0.3, 0.4) is 0 Å². The van der Waals surface area contributed by atoms with Gasteiger partial charge in [0.1, 0.15) is 5.75 Å². The number of likely N-dealkylation sites (tertiary alicyclic amines) is 1. The Morgan fingerprint density at radius 2 is 2.08 bits per heavy atom. The van der Waals surface area contributed by atoms with Crippen LogP contribution in [0.4, 0.5) is 0 Å². The van der Waals surface area contributed by atoms with Gasteiger partial charge in [-0.2, -0.15) is 0 Å². The average Bonchev–Trinajstić information content (AvgIpc) is 2.91. The number of fused-ring (bicyclic) bond motifs is 2. The van der Waals surface area contributed by atoms with Crippen LogP contribution in [0, 0.1) is 17.3 Å². The van der Waals surface area contributed by atoms with E-state index in [0.29, 0.717) is 11.9 Å². The van der Waals surface area contributed by atoms with Gasteiger partial charge in [0, 0.05) is 12.6 Å². The first-order valence-corrected chi connectivity index (χ1v) is 10.0. The Labute approximate surface area is 159 Å². The standard InChI is InChI=1S/C22H31NO2.CH4/c1-22(15-17-6-4-8-19(14-17)25-2)11-12-23(21(22)24)20-10-9-16-5-3-7-18(20)13-16;/h4,6,8,14,16,18,20H,3,5,7,9-13,15H2,1-2H3;1H4. The van der Waals surface area contributed by atoms with Crippen molar-refractivity contribution in [1.82, 2.24) is 4.90 Å². The summed E-state index contributed by atoms with van der Waals surface area (Å²) in [6.07, 6.45) is 9.85. The fourth-order valence-electron chi connectivity index (χ4n) is 5.63. The highest BCUT2D eigenvalue weighted by atomic mass is 16.5. The molecule has 144 valence electrons. The zero-order valence-electron chi connectivity index (χ0n) is 15.7. The predicted octanol–water partition coefficient (Wildman–Crippen LogP) is 5.08. The number of methoxy groups -OCH3 is 1. The van der Waals surface area contributed by atoms with E-state index in [1.54, 1.807) is 7.11 Å². The molecule has 4 rings (SSSR count). The fourth-order valence-corrected chi connectivity index (χ4v) is 5.63. The summed E-state index contributed by atoms with van der Waals surface area (Å²) in [5.41, 5.74) is 0.955. The Hall–Kier alpha value is -1.51. The average molecular weight is 358 g/mol. The molecule has 2 bridgehead atoms. The van der Waals surface area contributed by atoms with E-state index in [1.165, 1.54) is 44.1 Å². The summed E-state index contributed by atoms with van der Waals surface area (Å²) in [7, 11) is 1.70. The van der Waals surface area contributed by atoms with Gasteiger partial charge in [-0.25, -0.2) is 0 Å². The van der Waals surface area contributed by atoms with Gasteiger partial charge in [-0.3, -0.25) is 4.79 Å². The minimum Gasteiger partial charge on any atom is -0.497 e. The monoisotopic (exact) mass is 357 g/mol. The van der Waals surface area contributed by atoms with Crippen molar-refractivity contribution in [2.45, 2.75) is 71.8 Å². The smallest absolute Gasteiger partial charge is 0.229 e. The maximum absolute atomic E-state index is 13.3. The molecule has 3 aliphatic rings. The third-order valence-corrected chi connectivity index (χ3v) is 7.05. The normalized spacial score (nSPS) is 33.7. The van der Waals surface area contributed by atoms with Crippen molar-refractivity contribution in [2.75, 3.05) is 13.7 Å². The number of hydrogen-bond donors (Lipinski definition) is 0. The molecule has 2 aliphatic carbocycles. The first-order valence-electron chi connectivity index (χ1n) is 10.0. The Balaban J connectivity index is 0.00000196. The molecule has 2 saturated carbocycles. The van der Waals surface area contributed by atoms with Crippen molar-refractivity contribution >= 4 is 5.91 Å². The van der Waals surface area contributed by atoms with Crippen molar-refractivity contribution in [1.29, 1.82) is 0 Å². The number of ether oxygens (including phenoxy) is 1. The first-order chi connectivity index (χ1) is 12.1. The van der Waals surface area contributed by atoms with Gasteiger partial charge in [0.05, 0.1) is 12.5 Å². The molecule has 3 nitrogen and oxygen atoms in total. The van der Waals surface area contributed by atoms with Crippen molar-refractivity contribution in [3.8, 4) is 5.75 Å². The van der Waals surface area contributed by atoms with Crippen molar-refractivity contribution < 1.29 is 9.53 Å². The molecule has 0 N–H and O–H groups in total. The Bertz CT molecular complexity index is 643. The minimum absolute atomic E-state index is 0. The van der Waals surface area contributed by atoms with E-state index in [-0.39, 0.29) is 12.8 Å². The summed E-state index contributed by atoms with van der Waals surface area (Å²) >= 11 is 0. The molecular formula is C23H35NO2. The molecule has 3 fully saturated rings. The van der Waals surface area contributed by atoms with E-state index < -0.39 is 0 Å². The van der Waals surface area contributed by atoms with E-state index in [2.05, 4.69) is 24.0 Å². The van der Waals surface area contributed by atoms with Crippen LogP contribution in [-0.2, 0) is 11.2 Å². The number of amides is 1. The molecule has 1 aromatic rings. The van der Waals surface area contributed by atoms with Gasteiger partial charge in [0.2, 0.25) is 5.91 Å². The molecule has 26 heavy (non-hydrogen) atoms. The lowest BCUT2D eigenvalue weighted by molar-refractivity contribution is -0.139. The first kappa shape index (κ1) is 19.3. The van der Waals surface area contributed by atoms with Crippen LogP contribution in [0.2, 0.25) is 0 Å². The number of carbonyl (C=O) groups excluding carboxylic acids is 1. The van der Waals surface area contributed by atoms with Gasteiger partial charge in [-0.15, -0.1) is 0 Å². The number of nitrogens with zero attached hydrogens (tertiary/aromatic N) is 1. The largest absolute Gasteiger partial charge is 0.497 e. The fraction of sp³-hybridized carbons (Fsp3) is 0.696. The van der Waals surface area contributed by atoms with Crippen molar-refractivity contribution in [3.63, 3.8) is 0 Å². The lowest BCUT2D eigenvalue weighted by Gasteiger charge is -2.44. The Morgan fingerprint density at radius 1 is 1.23 bits per heavy atom. The molecule has 1 heterocycles. The molecule has 1 aliphatic heterocycles. The van der Waals surface area contributed by atoms with E-state index >= 15 is 0 Å². The van der Waals surface area contributed by atoms with Crippen LogP contribution in [-0.4, -0.2) is 30.5 Å². The maximum atomic E-state index is 13.3. The molecule has 1 saturated heterocycles. The van der Waals surface area contributed by atoms with Gasteiger partial charge in [0.15, 0.2) is 0 Å². The van der Waals surface area contributed by atoms with E-state index in [4.69, 9.17) is 4.74 Å². The molecule has 1 aromatic carbocycles. The van der Waals surface area contributed by atoms with E-state index in [0.717, 1.165) is 37.0 Å². The van der Waals surface area contributed by atoms with Gasteiger partial charge in [-0.1, -0.05) is 39.3 Å². The Morgan fingerprint density at radius 3 is 2.88 bits per heavy atom. The Kier molecular flexibility index (Phi) is 5.64. The molecule has 4 unspecified atom stereocenters. The van der Waals surface area contributed by atoms with Gasteiger partial charge < -0.3 is 9.64 Å². The summed E-state index contributed by atoms with van der Waals surface area (Å²) in [5.74, 6) is 2.97. The predicted molar refractivity (Wildman–Crippen MR) is 106 cm³/mol. The third-order valence-electron chi connectivity index (χ3n) is 7.05. The van der Waals surface area contributed by atoms with E-state index in [9.17, 15) is 4.79 Å². The summed E-state index contributed by atoms with van der Waals surface area (Å²) in [5, 5.41) is 0. The van der Waals surface area contributed by atoms with Crippen LogP contribution in [0.5, 0.6) is 5.75 Å². The van der Waals surface area contributed by atoms with Gasteiger partial charge >= 0.3 is 0 Å². The molecule has 4 atom stereocenters. The summed E-state index contributed by atoms with van der Waals surface area (Å²) < 4.78 is 5.35. The third kappa shape index (κ3) is 3.50. The number of benzene rings is 1. The molecule has 3 heteroatoms. The zero-order chi connectivity index (χ0) is 17.4. The summed E-state index contributed by atoms with van der Waals surface area (Å²) in [6.45, 7) is 3.12. The van der Waals surface area contributed by atoms with E-state index in [1.807, 2.05) is 12.1 Å². The lowest BCUT2D eigenvalue weighted by Crippen LogP contribution is -2.48. The second kappa shape index (κ2) is 7.62. The number of rotatable bonds is 4. The minimum atomic E-state index is -0.252. The molecular weight excluding hydrogens is 322 g/mol. The van der Waals surface area contributed by atoms with Gasteiger partial charge in [0.25, 0.3) is 0 Å². The highest BCUT2D eigenvalue weighted by Gasteiger charge is 2.48. The number of carbonyl (C=O) groups is 1. The second-order valence-electron chi connectivity index (χ2n) is 8.77. The van der Waals surface area contributed by atoms with Crippen LogP contribution < -0.4 is 4.74 Å². The molecule has 0 spiro atoms. The topological polar surface area (TPSA) is 29.5 Å². The number of hydrogen-bond acceptors (Lipinski definition) is 2. The highest BCUT2D eigenvalue weighted by Crippen LogP contribution is 2.45. The zero-order valence-corrected chi connectivity index (χ0v) is 15.7. The molecule has 0 aromatic heterocycles. The van der Waals surface area contributed by atoms with Crippen LogP contribution in [0.25, 0.3) is 0 Å². The van der Waals surface area contributed by atoms with Crippen molar-refractivity contribution in [3.05, 3.63) is 29.8 Å². The summed E-state index contributed by atoms with van der Waals surface area (Å²) in [6, 6.07) is 8.70. The second-order valence-corrected chi connectivity index (χ2v) is 8.77. The van der Waals surface area contributed by atoms with Crippen molar-refractivity contribution in [2.24, 2.45) is 17.3 Å². The quantitative estimate of drug-likeness (QED) is 0.752. The lowest BCUT2D eigenvalue weighted by atomic mass is 9.69.